The summed E-state index contributed by atoms with van der Waals surface area (Å²) in [7, 11) is 0. The Bertz CT molecular complexity index is 1270. The van der Waals surface area contributed by atoms with Crippen molar-refractivity contribution in [1.82, 2.24) is 14.8 Å². The Morgan fingerprint density at radius 3 is 2.90 bits per heavy atom. The lowest BCUT2D eigenvalue weighted by Crippen LogP contribution is -2.25. The van der Waals surface area contributed by atoms with Crippen molar-refractivity contribution in [3.63, 3.8) is 0 Å². The average molecular weight is 419 g/mol. The number of hydrogen-bond donors (Lipinski definition) is 1. The molecule has 3 heterocycles. The predicted octanol–water partition coefficient (Wildman–Crippen LogP) is 4.97. The number of carbonyl (C=O) groups excluding carboxylic acids is 1. The predicted molar refractivity (Wildman–Crippen MR) is 119 cm³/mol. The molecule has 0 fully saturated rings. The van der Waals surface area contributed by atoms with E-state index in [2.05, 4.69) is 30.4 Å². The van der Waals surface area contributed by atoms with Crippen molar-refractivity contribution in [2.75, 3.05) is 11.9 Å². The number of fused-ring (bicyclic) bond motifs is 2. The highest BCUT2D eigenvalue weighted by Crippen LogP contribution is 2.41. The molecule has 30 heavy (non-hydrogen) atoms. The number of thiazole rings is 1. The third kappa shape index (κ3) is 3.15. The minimum Gasteiger partial charge on any atom is -0.494 e. The zero-order valence-electron chi connectivity index (χ0n) is 17.1. The van der Waals surface area contributed by atoms with E-state index in [9.17, 15) is 4.79 Å². The van der Waals surface area contributed by atoms with E-state index in [4.69, 9.17) is 14.8 Å². The zero-order valence-corrected chi connectivity index (χ0v) is 17.9. The van der Waals surface area contributed by atoms with E-state index in [0.29, 0.717) is 13.0 Å². The second-order valence-electron chi connectivity index (χ2n) is 7.54. The van der Waals surface area contributed by atoms with Crippen LogP contribution in [0.3, 0.4) is 0 Å². The van der Waals surface area contributed by atoms with Crippen molar-refractivity contribution in [2.45, 2.75) is 33.1 Å². The van der Waals surface area contributed by atoms with Crippen LogP contribution in [0.1, 0.15) is 41.6 Å². The molecule has 1 N–H and O–H groups in total. The van der Waals surface area contributed by atoms with Crippen molar-refractivity contribution in [3.05, 3.63) is 64.8 Å². The van der Waals surface area contributed by atoms with E-state index in [1.54, 1.807) is 4.68 Å². The minimum absolute atomic E-state index is 0.00472. The van der Waals surface area contributed by atoms with Gasteiger partial charge < -0.3 is 10.1 Å². The van der Waals surface area contributed by atoms with Gasteiger partial charge in [0, 0.05) is 17.9 Å². The molecule has 1 aliphatic rings. The van der Waals surface area contributed by atoms with Gasteiger partial charge in [0.25, 0.3) is 0 Å². The Labute approximate surface area is 178 Å². The van der Waals surface area contributed by atoms with E-state index in [1.807, 2.05) is 38.1 Å². The maximum absolute atomic E-state index is 12.6. The first-order valence-corrected chi connectivity index (χ1v) is 10.8. The van der Waals surface area contributed by atoms with Gasteiger partial charge in [-0.2, -0.15) is 9.78 Å². The van der Waals surface area contributed by atoms with Gasteiger partial charge in [0.15, 0.2) is 0 Å². The molecule has 1 aliphatic heterocycles. The van der Waals surface area contributed by atoms with Gasteiger partial charge in [0.2, 0.25) is 11.0 Å². The molecular formula is C23H22N4O2S. The number of ether oxygens (including phenoxy) is 1. The summed E-state index contributed by atoms with van der Waals surface area (Å²) >= 11 is 1.54. The quantitative estimate of drug-likeness (QED) is 0.508. The average Bonchev–Trinajstić information content (AvgIpc) is 3.28. The van der Waals surface area contributed by atoms with Gasteiger partial charge in [-0.15, -0.1) is 0 Å². The van der Waals surface area contributed by atoms with Gasteiger partial charge in [-0.1, -0.05) is 41.2 Å². The summed E-state index contributed by atoms with van der Waals surface area (Å²) in [6, 6.07) is 14.2. The Morgan fingerprint density at radius 1 is 1.23 bits per heavy atom. The smallest absolute Gasteiger partial charge is 0.226 e. The lowest BCUT2D eigenvalue weighted by Gasteiger charge is -2.24. The summed E-state index contributed by atoms with van der Waals surface area (Å²) in [6.45, 7) is 6.65. The molecule has 6 nitrogen and oxygen atoms in total. The Morgan fingerprint density at radius 2 is 2.10 bits per heavy atom. The fraction of sp³-hybridized carbons (Fsp3) is 0.261. The molecule has 0 spiro atoms. The lowest BCUT2D eigenvalue weighted by molar-refractivity contribution is -0.116. The molecule has 1 amide bonds. The third-order valence-electron chi connectivity index (χ3n) is 5.39. The van der Waals surface area contributed by atoms with Crippen LogP contribution in [-0.4, -0.2) is 27.3 Å². The van der Waals surface area contributed by atoms with E-state index in [1.165, 1.54) is 16.9 Å². The number of nitrogens with zero attached hydrogens (tertiary/aromatic N) is 3. The molecule has 0 saturated carbocycles. The maximum atomic E-state index is 12.6. The summed E-state index contributed by atoms with van der Waals surface area (Å²) in [5.74, 6) is 1.53. The Hall–Kier alpha value is -3.19. The number of aryl methyl sites for hydroxylation is 2. The van der Waals surface area contributed by atoms with Gasteiger partial charge in [-0.3, -0.25) is 4.79 Å². The second-order valence-corrected chi connectivity index (χ2v) is 8.55. The zero-order chi connectivity index (χ0) is 20.8. The van der Waals surface area contributed by atoms with Crippen LogP contribution in [0.15, 0.2) is 42.5 Å². The van der Waals surface area contributed by atoms with E-state index >= 15 is 0 Å². The first-order valence-electron chi connectivity index (χ1n) is 10.0. The standard InChI is InChI=1S/C23H22N4O2S/c1-4-29-16-8-9-18-19(11-16)30-23(24-18)27-22-21(14(3)26-27)17(12-20(28)25-22)15-7-5-6-13(2)10-15/h5-11,17H,4,12H2,1-3H3,(H,25,28)/t17-/m0/s1. The van der Waals surface area contributed by atoms with Crippen molar-refractivity contribution < 1.29 is 9.53 Å². The molecule has 1 atom stereocenters. The number of amides is 1. The molecule has 0 bridgehead atoms. The molecule has 2 aromatic carbocycles. The number of nitrogens with one attached hydrogen (secondary N) is 1. The van der Waals surface area contributed by atoms with Crippen LogP contribution in [0.25, 0.3) is 15.3 Å². The van der Waals surface area contributed by atoms with Crippen LogP contribution in [0.4, 0.5) is 5.82 Å². The molecule has 152 valence electrons. The molecule has 0 aliphatic carbocycles. The van der Waals surface area contributed by atoms with Crippen molar-refractivity contribution in [2.24, 2.45) is 0 Å². The van der Waals surface area contributed by atoms with Crippen LogP contribution < -0.4 is 10.1 Å². The molecule has 7 heteroatoms. The normalized spacial score (nSPS) is 15.8. The van der Waals surface area contributed by atoms with E-state index < -0.39 is 0 Å². The highest BCUT2D eigenvalue weighted by atomic mass is 32.1. The molecule has 5 rings (SSSR count). The molecule has 0 unspecified atom stereocenters. The SMILES string of the molecule is CCOc1ccc2nc(-n3nc(C)c4c3NC(=O)C[C@H]4c3cccc(C)c3)sc2c1. The van der Waals surface area contributed by atoms with Crippen LogP contribution in [-0.2, 0) is 4.79 Å². The largest absolute Gasteiger partial charge is 0.494 e. The molecule has 0 radical (unpaired) electrons. The van der Waals surface area contributed by atoms with E-state index in [-0.39, 0.29) is 11.8 Å². The lowest BCUT2D eigenvalue weighted by atomic mass is 9.85. The number of anilines is 1. The van der Waals surface area contributed by atoms with Gasteiger partial charge in [-0.25, -0.2) is 4.98 Å². The molecule has 2 aromatic heterocycles. The van der Waals surface area contributed by atoms with Crippen LogP contribution in [0.2, 0.25) is 0 Å². The summed E-state index contributed by atoms with van der Waals surface area (Å²) in [5, 5.41) is 8.54. The number of benzene rings is 2. The maximum Gasteiger partial charge on any atom is 0.226 e. The fourth-order valence-corrected chi connectivity index (χ4v) is 5.05. The van der Waals surface area contributed by atoms with Crippen LogP contribution in [0, 0.1) is 13.8 Å². The van der Waals surface area contributed by atoms with Gasteiger partial charge in [0.1, 0.15) is 11.6 Å². The van der Waals surface area contributed by atoms with Gasteiger partial charge >= 0.3 is 0 Å². The number of aromatic nitrogens is 3. The molecule has 0 saturated heterocycles. The molecular weight excluding hydrogens is 396 g/mol. The number of rotatable bonds is 4. The molecule has 4 aromatic rings. The Kier molecular flexibility index (Phi) is 4.55. The van der Waals surface area contributed by atoms with Crippen molar-refractivity contribution in [3.8, 4) is 10.9 Å². The van der Waals surface area contributed by atoms with Gasteiger partial charge in [0.05, 0.1) is 22.5 Å². The number of carbonyl (C=O) groups is 1. The van der Waals surface area contributed by atoms with Crippen molar-refractivity contribution >= 4 is 33.3 Å². The fourth-order valence-electron chi connectivity index (χ4n) is 4.10. The summed E-state index contributed by atoms with van der Waals surface area (Å²) in [6.07, 6.45) is 0.417. The summed E-state index contributed by atoms with van der Waals surface area (Å²) in [4.78, 5) is 17.3. The van der Waals surface area contributed by atoms with Crippen molar-refractivity contribution in [1.29, 1.82) is 0 Å². The minimum atomic E-state index is -0.0127. The second kappa shape index (κ2) is 7.25. The highest BCUT2D eigenvalue weighted by Gasteiger charge is 2.33. The third-order valence-corrected chi connectivity index (χ3v) is 6.38. The van der Waals surface area contributed by atoms with Crippen LogP contribution >= 0.6 is 11.3 Å². The first kappa shape index (κ1) is 18.8. The number of hydrogen-bond acceptors (Lipinski definition) is 5. The highest BCUT2D eigenvalue weighted by molar-refractivity contribution is 7.20. The van der Waals surface area contributed by atoms with Gasteiger partial charge in [-0.05, 0) is 44.5 Å². The summed E-state index contributed by atoms with van der Waals surface area (Å²) in [5.41, 5.74) is 5.18. The summed E-state index contributed by atoms with van der Waals surface area (Å²) < 4.78 is 8.41. The van der Waals surface area contributed by atoms with E-state index in [0.717, 1.165) is 43.7 Å². The van der Waals surface area contributed by atoms with Crippen LogP contribution in [0.5, 0.6) is 5.75 Å². The first-order chi connectivity index (χ1) is 14.5. The Balaban J connectivity index is 1.63. The monoisotopic (exact) mass is 418 g/mol. The topological polar surface area (TPSA) is 69.0 Å².